The Kier molecular flexibility index (Phi) is 4.56. The lowest BCUT2D eigenvalue weighted by Gasteiger charge is -2.21. The lowest BCUT2D eigenvalue weighted by atomic mass is 10.1. The molecule has 0 heterocycles. The molecule has 2 heteroatoms. The second kappa shape index (κ2) is 6.77. The molecule has 0 spiro atoms. The minimum Gasteiger partial charge on any atom is -0.485 e. The van der Waals surface area contributed by atoms with Gasteiger partial charge in [-0.05, 0) is 55.6 Å². The van der Waals surface area contributed by atoms with E-state index in [-0.39, 0.29) is 6.10 Å². The molecule has 1 N–H and O–H groups in total. The van der Waals surface area contributed by atoms with Crippen molar-refractivity contribution in [3.05, 3.63) is 65.2 Å². The molecule has 2 aromatic rings. The average molecular weight is 281 g/mol. The highest BCUT2D eigenvalue weighted by Gasteiger charge is 2.19. The molecule has 3 rings (SSSR count). The summed E-state index contributed by atoms with van der Waals surface area (Å²) < 4.78 is 6.41. The van der Waals surface area contributed by atoms with E-state index in [1.54, 1.807) is 0 Å². The van der Waals surface area contributed by atoms with Gasteiger partial charge < -0.3 is 10.1 Å². The number of nitrogens with one attached hydrogen (secondary N) is 1. The van der Waals surface area contributed by atoms with Gasteiger partial charge in [-0.15, -0.1) is 0 Å². The van der Waals surface area contributed by atoms with E-state index in [0.717, 1.165) is 25.1 Å². The lowest BCUT2D eigenvalue weighted by molar-refractivity contribution is 0.193. The SMILES string of the molecule is CNCC[C@H](Oc1cccc2c1CCC2)c1ccccc1. The summed E-state index contributed by atoms with van der Waals surface area (Å²) in [5.74, 6) is 1.08. The smallest absolute Gasteiger partial charge is 0.125 e. The van der Waals surface area contributed by atoms with E-state index < -0.39 is 0 Å². The number of hydrogen-bond acceptors (Lipinski definition) is 2. The van der Waals surface area contributed by atoms with Gasteiger partial charge in [0.05, 0.1) is 0 Å². The molecule has 21 heavy (non-hydrogen) atoms. The van der Waals surface area contributed by atoms with Crippen molar-refractivity contribution in [3.63, 3.8) is 0 Å². The van der Waals surface area contributed by atoms with E-state index in [1.807, 2.05) is 7.05 Å². The van der Waals surface area contributed by atoms with Crippen LogP contribution >= 0.6 is 0 Å². The molecule has 0 aliphatic heterocycles. The fourth-order valence-electron chi connectivity index (χ4n) is 3.09. The molecule has 0 radical (unpaired) electrons. The van der Waals surface area contributed by atoms with Crippen LogP contribution < -0.4 is 10.1 Å². The molecule has 0 saturated carbocycles. The Hall–Kier alpha value is -1.80. The van der Waals surface area contributed by atoms with Crippen LogP contribution in [0.3, 0.4) is 0 Å². The highest BCUT2D eigenvalue weighted by Crippen LogP contribution is 2.34. The van der Waals surface area contributed by atoms with Gasteiger partial charge in [0.15, 0.2) is 0 Å². The summed E-state index contributed by atoms with van der Waals surface area (Å²) in [6, 6.07) is 17.0. The monoisotopic (exact) mass is 281 g/mol. The van der Waals surface area contributed by atoms with Gasteiger partial charge in [-0.2, -0.15) is 0 Å². The van der Waals surface area contributed by atoms with Crippen molar-refractivity contribution in [1.82, 2.24) is 5.32 Å². The molecular formula is C19H23NO. The zero-order valence-electron chi connectivity index (χ0n) is 12.6. The van der Waals surface area contributed by atoms with E-state index in [1.165, 1.54) is 29.5 Å². The van der Waals surface area contributed by atoms with Gasteiger partial charge >= 0.3 is 0 Å². The van der Waals surface area contributed by atoms with Crippen LogP contribution in [0.5, 0.6) is 5.75 Å². The van der Waals surface area contributed by atoms with Gasteiger partial charge in [0, 0.05) is 6.42 Å². The summed E-state index contributed by atoms with van der Waals surface area (Å²) in [6.45, 7) is 0.953. The first-order valence-corrected chi connectivity index (χ1v) is 7.85. The predicted octanol–water partition coefficient (Wildman–Crippen LogP) is 3.90. The Labute approximate surface area is 127 Å². The maximum atomic E-state index is 6.41. The Morgan fingerprint density at radius 1 is 1.05 bits per heavy atom. The van der Waals surface area contributed by atoms with Crippen molar-refractivity contribution in [3.8, 4) is 5.75 Å². The van der Waals surface area contributed by atoms with E-state index in [4.69, 9.17) is 4.74 Å². The van der Waals surface area contributed by atoms with E-state index in [0.29, 0.717) is 0 Å². The van der Waals surface area contributed by atoms with Gasteiger partial charge in [0.2, 0.25) is 0 Å². The van der Waals surface area contributed by atoms with Crippen molar-refractivity contribution < 1.29 is 4.74 Å². The number of benzene rings is 2. The summed E-state index contributed by atoms with van der Waals surface area (Å²) in [5, 5.41) is 3.23. The molecule has 2 aromatic carbocycles. The number of fused-ring (bicyclic) bond motifs is 1. The maximum absolute atomic E-state index is 6.41. The van der Waals surface area contributed by atoms with Crippen molar-refractivity contribution in [1.29, 1.82) is 0 Å². The molecular weight excluding hydrogens is 258 g/mol. The molecule has 0 amide bonds. The highest BCUT2D eigenvalue weighted by atomic mass is 16.5. The molecule has 1 atom stereocenters. The van der Waals surface area contributed by atoms with Crippen LogP contribution in [-0.2, 0) is 12.8 Å². The standard InChI is InChI=1S/C19H23NO/c1-20-14-13-18(16-7-3-2-4-8-16)21-19-12-6-10-15-9-5-11-17(15)19/h2-4,6-8,10,12,18,20H,5,9,11,13-14H2,1H3/t18-/m0/s1. The van der Waals surface area contributed by atoms with Crippen LogP contribution in [-0.4, -0.2) is 13.6 Å². The quantitative estimate of drug-likeness (QED) is 0.867. The van der Waals surface area contributed by atoms with Gasteiger partial charge in [0.25, 0.3) is 0 Å². The van der Waals surface area contributed by atoms with Crippen LogP contribution in [0.15, 0.2) is 48.5 Å². The zero-order chi connectivity index (χ0) is 14.5. The van der Waals surface area contributed by atoms with Gasteiger partial charge in [0.1, 0.15) is 11.9 Å². The van der Waals surface area contributed by atoms with E-state index in [9.17, 15) is 0 Å². The number of ether oxygens (including phenoxy) is 1. The fraction of sp³-hybridized carbons (Fsp3) is 0.368. The lowest BCUT2D eigenvalue weighted by Crippen LogP contribution is -2.16. The average Bonchev–Trinajstić information content (AvgIpc) is 3.01. The number of hydrogen-bond donors (Lipinski definition) is 1. The van der Waals surface area contributed by atoms with Crippen molar-refractivity contribution >= 4 is 0 Å². The van der Waals surface area contributed by atoms with Gasteiger partial charge in [-0.25, -0.2) is 0 Å². The Morgan fingerprint density at radius 3 is 2.71 bits per heavy atom. The fourth-order valence-corrected chi connectivity index (χ4v) is 3.09. The minimum atomic E-state index is 0.116. The molecule has 110 valence electrons. The Morgan fingerprint density at radius 2 is 1.90 bits per heavy atom. The highest BCUT2D eigenvalue weighted by molar-refractivity contribution is 5.43. The summed E-state index contributed by atoms with van der Waals surface area (Å²) in [7, 11) is 1.99. The van der Waals surface area contributed by atoms with Crippen molar-refractivity contribution in [2.45, 2.75) is 31.8 Å². The van der Waals surface area contributed by atoms with Crippen LogP contribution in [0, 0.1) is 0 Å². The third-order valence-electron chi connectivity index (χ3n) is 4.20. The molecule has 0 aromatic heterocycles. The normalized spacial score (nSPS) is 14.7. The minimum absolute atomic E-state index is 0.116. The maximum Gasteiger partial charge on any atom is 0.125 e. The van der Waals surface area contributed by atoms with Gasteiger partial charge in [-0.3, -0.25) is 0 Å². The largest absolute Gasteiger partial charge is 0.485 e. The van der Waals surface area contributed by atoms with Crippen molar-refractivity contribution in [2.75, 3.05) is 13.6 Å². The number of aryl methyl sites for hydroxylation is 1. The predicted molar refractivity (Wildman–Crippen MR) is 86.8 cm³/mol. The molecule has 0 fully saturated rings. The van der Waals surface area contributed by atoms with Crippen LogP contribution in [0.2, 0.25) is 0 Å². The summed E-state index contributed by atoms with van der Waals surface area (Å²) in [5.41, 5.74) is 4.14. The Bertz CT molecular complexity index is 579. The van der Waals surface area contributed by atoms with E-state index in [2.05, 4.69) is 53.8 Å². The topological polar surface area (TPSA) is 21.3 Å². The summed E-state index contributed by atoms with van der Waals surface area (Å²) >= 11 is 0. The molecule has 2 nitrogen and oxygen atoms in total. The van der Waals surface area contributed by atoms with Crippen LogP contribution in [0.25, 0.3) is 0 Å². The summed E-state index contributed by atoms with van der Waals surface area (Å²) in [4.78, 5) is 0. The molecule has 1 aliphatic rings. The first kappa shape index (κ1) is 14.2. The number of rotatable bonds is 6. The van der Waals surface area contributed by atoms with Crippen molar-refractivity contribution in [2.24, 2.45) is 0 Å². The third-order valence-corrected chi connectivity index (χ3v) is 4.20. The second-order valence-electron chi connectivity index (χ2n) is 5.66. The Balaban J connectivity index is 1.83. The van der Waals surface area contributed by atoms with E-state index >= 15 is 0 Å². The first-order valence-electron chi connectivity index (χ1n) is 7.85. The van der Waals surface area contributed by atoms with Crippen LogP contribution in [0.4, 0.5) is 0 Å². The second-order valence-corrected chi connectivity index (χ2v) is 5.66. The van der Waals surface area contributed by atoms with Gasteiger partial charge in [-0.1, -0.05) is 42.5 Å². The first-order chi connectivity index (χ1) is 10.4. The third kappa shape index (κ3) is 3.27. The molecule has 0 bridgehead atoms. The molecule has 1 aliphatic carbocycles. The molecule has 0 unspecified atom stereocenters. The summed E-state index contributed by atoms with van der Waals surface area (Å²) in [6.07, 6.45) is 4.69. The zero-order valence-corrected chi connectivity index (χ0v) is 12.6. The van der Waals surface area contributed by atoms with Crippen LogP contribution in [0.1, 0.15) is 35.6 Å². The molecule has 0 saturated heterocycles.